The Morgan fingerprint density at radius 3 is 2.44 bits per heavy atom. The number of imide groups is 1. The van der Waals surface area contributed by atoms with Crippen molar-refractivity contribution < 1.29 is 9.59 Å². The fourth-order valence-electron chi connectivity index (χ4n) is 2.68. The van der Waals surface area contributed by atoms with E-state index < -0.39 is 0 Å². The van der Waals surface area contributed by atoms with Crippen LogP contribution in [0.4, 0.5) is 4.79 Å². The molecule has 90 valence electrons. The number of rotatable bonds is 2. The molecule has 1 saturated carbocycles. The summed E-state index contributed by atoms with van der Waals surface area (Å²) < 4.78 is 0. The Morgan fingerprint density at radius 2 is 1.88 bits per heavy atom. The lowest BCUT2D eigenvalue weighted by Gasteiger charge is -2.36. The molecule has 16 heavy (non-hydrogen) atoms. The van der Waals surface area contributed by atoms with Crippen LogP contribution in [0.25, 0.3) is 0 Å². The van der Waals surface area contributed by atoms with Crippen LogP contribution in [-0.4, -0.2) is 29.4 Å². The smallest absolute Gasteiger partial charge is 0.324 e. The van der Waals surface area contributed by atoms with Gasteiger partial charge >= 0.3 is 6.03 Å². The first-order valence-corrected chi connectivity index (χ1v) is 6.22. The van der Waals surface area contributed by atoms with Crippen molar-refractivity contribution in [2.24, 2.45) is 11.8 Å². The highest BCUT2D eigenvalue weighted by molar-refractivity contribution is 5.98. The predicted octanol–water partition coefficient (Wildman–Crippen LogP) is 1.75. The fourth-order valence-corrected chi connectivity index (χ4v) is 2.68. The first kappa shape index (κ1) is 11.4. The van der Waals surface area contributed by atoms with Gasteiger partial charge in [0.2, 0.25) is 5.91 Å². The van der Waals surface area contributed by atoms with E-state index in [1.54, 1.807) is 0 Å². The molecule has 0 aromatic heterocycles. The summed E-state index contributed by atoms with van der Waals surface area (Å²) >= 11 is 0. The molecule has 1 atom stereocenters. The molecule has 1 unspecified atom stereocenters. The molecule has 1 saturated heterocycles. The second kappa shape index (κ2) is 4.44. The Kier molecular flexibility index (Phi) is 3.17. The van der Waals surface area contributed by atoms with E-state index >= 15 is 0 Å². The van der Waals surface area contributed by atoms with E-state index in [2.05, 4.69) is 5.32 Å². The summed E-state index contributed by atoms with van der Waals surface area (Å²) in [6.45, 7) is 4.57. The van der Waals surface area contributed by atoms with Gasteiger partial charge in [0.1, 0.15) is 0 Å². The highest BCUT2D eigenvalue weighted by Gasteiger charge is 2.40. The number of nitrogens with one attached hydrogen (secondary N) is 1. The van der Waals surface area contributed by atoms with Crippen LogP contribution in [-0.2, 0) is 4.79 Å². The molecule has 3 amide bonds. The van der Waals surface area contributed by atoms with E-state index in [4.69, 9.17) is 0 Å². The molecule has 0 radical (unpaired) electrons. The maximum Gasteiger partial charge on any atom is 0.324 e. The SMILES string of the molecule is CC(C)C1CNC(=O)N(C2CCCC2)C1=O. The molecule has 2 fully saturated rings. The molecular weight excluding hydrogens is 204 g/mol. The van der Waals surface area contributed by atoms with E-state index in [1.165, 1.54) is 4.90 Å². The van der Waals surface area contributed by atoms with Crippen LogP contribution in [0.5, 0.6) is 0 Å². The molecule has 4 nitrogen and oxygen atoms in total. The molecule has 0 spiro atoms. The van der Waals surface area contributed by atoms with Crippen LogP contribution in [0.15, 0.2) is 0 Å². The minimum atomic E-state index is -0.186. The Balaban J connectivity index is 2.13. The third-order valence-electron chi connectivity index (χ3n) is 3.74. The third-order valence-corrected chi connectivity index (χ3v) is 3.74. The summed E-state index contributed by atoms with van der Waals surface area (Å²) in [7, 11) is 0. The summed E-state index contributed by atoms with van der Waals surface area (Å²) in [5.41, 5.74) is 0. The van der Waals surface area contributed by atoms with Crippen molar-refractivity contribution in [2.75, 3.05) is 6.54 Å². The zero-order chi connectivity index (χ0) is 11.7. The number of hydrogen-bond donors (Lipinski definition) is 1. The Hall–Kier alpha value is -1.06. The van der Waals surface area contributed by atoms with E-state index in [0.717, 1.165) is 25.7 Å². The summed E-state index contributed by atoms with van der Waals surface area (Å²) in [6.07, 6.45) is 4.22. The molecule has 0 aromatic carbocycles. The van der Waals surface area contributed by atoms with Crippen LogP contribution in [0, 0.1) is 11.8 Å². The minimum Gasteiger partial charge on any atom is -0.337 e. The van der Waals surface area contributed by atoms with Crippen LogP contribution in [0.2, 0.25) is 0 Å². The van der Waals surface area contributed by atoms with Gasteiger partial charge in [0.05, 0.1) is 5.92 Å². The zero-order valence-corrected chi connectivity index (χ0v) is 10.0. The average Bonchev–Trinajstić information content (AvgIpc) is 2.70. The molecule has 0 aromatic rings. The van der Waals surface area contributed by atoms with E-state index in [-0.39, 0.29) is 29.8 Å². The number of hydrogen-bond acceptors (Lipinski definition) is 2. The van der Waals surface area contributed by atoms with Gasteiger partial charge in [0, 0.05) is 12.6 Å². The van der Waals surface area contributed by atoms with E-state index in [9.17, 15) is 9.59 Å². The van der Waals surface area contributed by atoms with Gasteiger partial charge in [-0.15, -0.1) is 0 Å². The van der Waals surface area contributed by atoms with Crippen LogP contribution in [0.3, 0.4) is 0 Å². The monoisotopic (exact) mass is 224 g/mol. The molecule has 1 N–H and O–H groups in total. The fraction of sp³-hybridized carbons (Fsp3) is 0.833. The summed E-state index contributed by atoms with van der Waals surface area (Å²) in [6, 6.07) is -0.0390. The van der Waals surface area contributed by atoms with Crippen LogP contribution >= 0.6 is 0 Å². The topological polar surface area (TPSA) is 49.4 Å². The normalized spacial score (nSPS) is 27.7. The Labute approximate surface area is 96.4 Å². The average molecular weight is 224 g/mol. The summed E-state index contributed by atoms with van der Waals surface area (Å²) in [5, 5.41) is 2.84. The lowest BCUT2D eigenvalue weighted by atomic mass is 9.92. The van der Waals surface area contributed by atoms with E-state index in [1.807, 2.05) is 13.8 Å². The second-order valence-electron chi connectivity index (χ2n) is 5.18. The lowest BCUT2D eigenvalue weighted by molar-refractivity contribution is -0.137. The van der Waals surface area contributed by atoms with Gasteiger partial charge in [0.15, 0.2) is 0 Å². The summed E-state index contributed by atoms with van der Waals surface area (Å²) in [5.74, 6) is 0.279. The summed E-state index contributed by atoms with van der Waals surface area (Å²) in [4.78, 5) is 25.5. The van der Waals surface area contributed by atoms with Gasteiger partial charge in [-0.2, -0.15) is 0 Å². The van der Waals surface area contributed by atoms with Crippen LogP contribution in [0.1, 0.15) is 39.5 Å². The number of amides is 3. The van der Waals surface area contributed by atoms with Crippen molar-refractivity contribution in [2.45, 2.75) is 45.6 Å². The van der Waals surface area contributed by atoms with Gasteiger partial charge in [-0.05, 0) is 18.8 Å². The molecule has 2 aliphatic rings. The van der Waals surface area contributed by atoms with Crippen molar-refractivity contribution in [3.8, 4) is 0 Å². The number of urea groups is 1. The number of carbonyl (C=O) groups excluding carboxylic acids is 2. The Morgan fingerprint density at radius 1 is 1.25 bits per heavy atom. The largest absolute Gasteiger partial charge is 0.337 e. The molecule has 1 aliphatic heterocycles. The van der Waals surface area contributed by atoms with Gasteiger partial charge in [0.25, 0.3) is 0 Å². The molecule has 0 bridgehead atoms. The zero-order valence-electron chi connectivity index (χ0n) is 10.0. The first-order chi connectivity index (χ1) is 7.61. The molecular formula is C12H20N2O2. The van der Waals surface area contributed by atoms with Crippen molar-refractivity contribution in [1.82, 2.24) is 10.2 Å². The lowest BCUT2D eigenvalue weighted by Crippen LogP contribution is -2.58. The second-order valence-corrected chi connectivity index (χ2v) is 5.18. The van der Waals surface area contributed by atoms with Crippen molar-refractivity contribution >= 4 is 11.9 Å². The standard InChI is InChI=1S/C12H20N2O2/c1-8(2)10-7-13-12(16)14(11(10)15)9-5-3-4-6-9/h8-10H,3-7H2,1-2H3,(H,13,16). The highest BCUT2D eigenvalue weighted by Crippen LogP contribution is 2.28. The third kappa shape index (κ3) is 1.93. The highest BCUT2D eigenvalue weighted by atomic mass is 16.2. The van der Waals surface area contributed by atoms with Gasteiger partial charge in [-0.1, -0.05) is 26.7 Å². The number of nitrogens with zero attached hydrogens (tertiary/aromatic N) is 1. The first-order valence-electron chi connectivity index (χ1n) is 6.22. The van der Waals surface area contributed by atoms with Crippen molar-refractivity contribution in [3.05, 3.63) is 0 Å². The molecule has 2 rings (SSSR count). The Bertz CT molecular complexity index is 295. The minimum absolute atomic E-state index is 0.0330. The molecule has 4 heteroatoms. The number of carbonyl (C=O) groups is 2. The van der Waals surface area contributed by atoms with Gasteiger partial charge < -0.3 is 5.32 Å². The predicted molar refractivity (Wildman–Crippen MR) is 60.8 cm³/mol. The van der Waals surface area contributed by atoms with Crippen molar-refractivity contribution in [1.29, 1.82) is 0 Å². The van der Waals surface area contributed by atoms with Crippen molar-refractivity contribution in [3.63, 3.8) is 0 Å². The van der Waals surface area contributed by atoms with E-state index in [0.29, 0.717) is 6.54 Å². The quantitative estimate of drug-likeness (QED) is 0.777. The maximum atomic E-state index is 12.2. The molecule has 1 aliphatic carbocycles. The molecule has 1 heterocycles. The maximum absolute atomic E-state index is 12.2. The van der Waals surface area contributed by atoms with Gasteiger partial charge in [-0.25, -0.2) is 4.79 Å². The van der Waals surface area contributed by atoms with Crippen LogP contribution < -0.4 is 5.32 Å². The van der Waals surface area contributed by atoms with Gasteiger partial charge in [-0.3, -0.25) is 9.69 Å².